The fourth-order valence-electron chi connectivity index (χ4n) is 3.73. The minimum Gasteiger partial charge on any atom is -0.349 e. The van der Waals surface area contributed by atoms with Gasteiger partial charge in [0, 0.05) is 30.6 Å². The van der Waals surface area contributed by atoms with Crippen LogP contribution >= 0.6 is 0 Å². The summed E-state index contributed by atoms with van der Waals surface area (Å²) in [5.41, 5.74) is 0.0288. The van der Waals surface area contributed by atoms with E-state index in [1.54, 1.807) is 0 Å². The lowest BCUT2D eigenvalue weighted by Gasteiger charge is -2.52. The van der Waals surface area contributed by atoms with E-state index in [2.05, 4.69) is 6.92 Å². The number of hydrogen-bond donors (Lipinski definition) is 0. The van der Waals surface area contributed by atoms with Gasteiger partial charge in [0.05, 0.1) is 13.2 Å². The molecule has 5 heteroatoms. The van der Waals surface area contributed by atoms with E-state index in [1.807, 2.05) is 0 Å². The highest BCUT2D eigenvalue weighted by Gasteiger charge is 2.54. The first-order valence-electron chi connectivity index (χ1n) is 8.04. The maximum Gasteiger partial charge on any atom is 0.308 e. The molecule has 0 spiro atoms. The van der Waals surface area contributed by atoms with Gasteiger partial charge in [-0.2, -0.15) is 8.78 Å². The highest BCUT2D eigenvalue weighted by Crippen LogP contribution is 2.49. The fourth-order valence-corrected chi connectivity index (χ4v) is 3.73. The third kappa shape index (κ3) is 2.87. The Morgan fingerprint density at radius 3 is 2.48 bits per heavy atom. The van der Waals surface area contributed by atoms with Gasteiger partial charge in [-0.3, -0.25) is 4.79 Å². The molecule has 0 N–H and O–H groups in total. The number of carbonyl (C=O) groups excluding carboxylic acids is 1. The minimum absolute atomic E-state index is 0.00369. The van der Waals surface area contributed by atoms with E-state index in [4.69, 9.17) is 9.47 Å². The molecule has 3 heterocycles. The van der Waals surface area contributed by atoms with Gasteiger partial charge in [0.1, 0.15) is 0 Å². The van der Waals surface area contributed by atoms with Crippen molar-refractivity contribution in [3.8, 4) is 0 Å². The van der Waals surface area contributed by atoms with E-state index in [0.29, 0.717) is 32.5 Å². The molecule has 1 unspecified atom stereocenters. The average molecular weight is 302 g/mol. The van der Waals surface area contributed by atoms with Crippen LogP contribution in [0.2, 0.25) is 0 Å². The summed E-state index contributed by atoms with van der Waals surface area (Å²) in [6.45, 7) is 3.24. The Hall–Kier alpha value is -0.550. The van der Waals surface area contributed by atoms with Crippen LogP contribution in [0.25, 0.3) is 0 Å². The summed E-state index contributed by atoms with van der Waals surface area (Å²) >= 11 is 0. The monoisotopic (exact) mass is 302 g/mol. The quantitative estimate of drug-likeness (QED) is 0.780. The van der Waals surface area contributed by atoms with Crippen LogP contribution in [0.15, 0.2) is 0 Å². The van der Waals surface area contributed by atoms with Crippen LogP contribution in [-0.2, 0) is 14.3 Å². The Bertz CT molecular complexity index is 397. The summed E-state index contributed by atoms with van der Waals surface area (Å²) in [6.07, 6.45) is 4.30. The number of ketones is 1. The van der Waals surface area contributed by atoms with E-state index in [1.165, 1.54) is 0 Å². The Morgan fingerprint density at radius 1 is 1.14 bits per heavy atom. The molecule has 1 saturated carbocycles. The van der Waals surface area contributed by atoms with Crippen LogP contribution in [0.5, 0.6) is 0 Å². The van der Waals surface area contributed by atoms with Gasteiger partial charge in [-0.1, -0.05) is 19.8 Å². The number of halogens is 2. The van der Waals surface area contributed by atoms with Crippen molar-refractivity contribution in [2.24, 2.45) is 11.3 Å². The first kappa shape index (κ1) is 15.3. The summed E-state index contributed by atoms with van der Waals surface area (Å²) in [7, 11) is 0. The smallest absolute Gasteiger partial charge is 0.308 e. The van der Waals surface area contributed by atoms with Crippen molar-refractivity contribution in [2.45, 2.75) is 70.0 Å². The Labute approximate surface area is 124 Å². The lowest BCUT2D eigenvalue weighted by Crippen LogP contribution is -2.56. The molecule has 0 aromatic heterocycles. The van der Waals surface area contributed by atoms with Gasteiger partial charge in [-0.25, -0.2) is 0 Å². The van der Waals surface area contributed by atoms with Gasteiger partial charge in [0.15, 0.2) is 5.79 Å². The standard InChI is InChI=1S/C16H24F2O3/c1-14-7-8-15(20-10-14,21-11-14)9-12-5-3-2-4-6-13(19)16(12,17)18/h12H,2-11H2,1H3. The zero-order chi connectivity index (χ0) is 15.1. The summed E-state index contributed by atoms with van der Waals surface area (Å²) in [5, 5.41) is 0. The van der Waals surface area contributed by atoms with Crippen molar-refractivity contribution in [3.05, 3.63) is 0 Å². The first-order chi connectivity index (χ1) is 9.85. The van der Waals surface area contributed by atoms with Crippen LogP contribution in [-0.4, -0.2) is 30.7 Å². The third-order valence-electron chi connectivity index (χ3n) is 5.38. The van der Waals surface area contributed by atoms with Gasteiger partial charge in [-0.15, -0.1) is 0 Å². The van der Waals surface area contributed by atoms with Crippen molar-refractivity contribution < 1.29 is 23.0 Å². The predicted molar refractivity (Wildman–Crippen MR) is 73.1 cm³/mol. The molecule has 4 aliphatic rings. The summed E-state index contributed by atoms with van der Waals surface area (Å²) in [6, 6.07) is 0. The number of fused-ring (bicyclic) bond motifs is 3. The minimum atomic E-state index is -3.24. The molecule has 3 nitrogen and oxygen atoms in total. The van der Waals surface area contributed by atoms with Gasteiger partial charge in [0.2, 0.25) is 5.78 Å². The molecule has 120 valence electrons. The lowest BCUT2D eigenvalue weighted by molar-refractivity contribution is -0.347. The number of rotatable bonds is 2. The second-order valence-corrected chi connectivity index (χ2v) is 7.35. The van der Waals surface area contributed by atoms with Crippen LogP contribution in [0.1, 0.15) is 58.3 Å². The maximum absolute atomic E-state index is 14.4. The second kappa shape index (κ2) is 5.27. The Kier molecular flexibility index (Phi) is 3.85. The maximum atomic E-state index is 14.4. The van der Waals surface area contributed by atoms with E-state index in [0.717, 1.165) is 19.3 Å². The molecule has 3 aliphatic heterocycles. The average Bonchev–Trinajstić information content (AvgIpc) is 2.46. The normalized spacial score (nSPS) is 43.4. The SMILES string of the molecule is CC12CCC(CC3CCCCCC(=O)C3(F)F)(OC1)OC2. The van der Waals surface area contributed by atoms with Gasteiger partial charge >= 0.3 is 5.92 Å². The molecule has 4 rings (SSSR count). The third-order valence-corrected chi connectivity index (χ3v) is 5.38. The van der Waals surface area contributed by atoms with Crippen molar-refractivity contribution in [1.82, 2.24) is 0 Å². The molecule has 2 bridgehead atoms. The van der Waals surface area contributed by atoms with Gasteiger partial charge in [0.25, 0.3) is 0 Å². The molecule has 0 aromatic rings. The van der Waals surface area contributed by atoms with Gasteiger partial charge in [-0.05, 0) is 19.3 Å². The zero-order valence-corrected chi connectivity index (χ0v) is 12.6. The molecular weight excluding hydrogens is 278 g/mol. The number of ether oxygens (including phenoxy) is 2. The van der Waals surface area contributed by atoms with E-state index >= 15 is 0 Å². The molecule has 1 atom stereocenters. The van der Waals surface area contributed by atoms with E-state index < -0.39 is 23.4 Å². The number of alkyl halides is 2. The van der Waals surface area contributed by atoms with Crippen LogP contribution < -0.4 is 0 Å². The van der Waals surface area contributed by atoms with Crippen LogP contribution in [0.4, 0.5) is 8.78 Å². The van der Waals surface area contributed by atoms with Gasteiger partial charge < -0.3 is 9.47 Å². The van der Waals surface area contributed by atoms with Crippen molar-refractivity contribution in [3.63, 3.8) is 0 Å². The van der Waals surface area contributed by atoms with Crippen LogP contribution in [0.3, 0.4) is 0 Å². The molecule has 3 saturated heterocycles. The Morgan fingerprint density at radius 2 is 1.86 bits per heavy atom. The topological polar surface area (TPSA) is 35.5 Å². The van der Waals surface area contributed by atoms with Crippen molar-refractivity contribution in [2.75, 3.05) is 13.2 Å². The Balaban J connectivity index is 1.74. The number of Topliss-reactive ketones (excluding diaryl/α,β-unsaturated/α-hetero) is 1. The number of carbonyl (C=O) groups is 1. The van der Waals surface area contributed by atoms with E-state index in [9.17, 15) is 13.6 Å². The summed E-state index contributed by atoms with van der Waals surface area (Å²) < 4.78 is 40.4. The van der Waals surface area contributed by atoms with E-state index in [-0.39, 0.29) is 18.3 Å². The molecular formula is C16H24F2O3. The number of hydrogen-bond acceptors (Lipinski definition) is 3. The molecule has 0 aromatic carbocycles. The highest BCUT2D eigenvalue weighted by molar-refractivity contribution is 5.86. The van der Waals surface area contributed by atoms with Crippen molar-refractivity contribution in [1.29, 1.82) is 0 Å². The summed E-state index contributed by atoms with van der Waals surface area (Å²) in [4.78, 5) is 11.8. The second-order valence-electron chi connectivity index (χ2n) is 7.35. The molecule has 4 fully saturated rings. The zero-order valence-electron chi connectivity index (χ0n) is 12.6. The molecule has 0 radical (unpaired) electrons. The lowest BCUT2D eigenvalue weighted by atomic mass is 9.75. The largest absolute Gasteiger partial charge is 0.349 e. The molecule has 21 heavy (non-hydrogen) atoms. The first-order valence-corrected chi connectivity index (χ1v) is 8.04. The molecule has 1 aliphatic carbocycles. The predicted octanol–water partition coefficient (Wildman–Crippen LogP) is 3.70. The molecule has 0 amide bonds. The van der Waals surface area contributed by atoms with Crippen molar-refractivity contribution >= 4 is 5.78 Å². The summed E-state index contributed by atoms with van der Waals surface area (Å²) in [5.74, 6) is -5.97. The highest BCUT2D eigenvalue weighted by atomic mass is 19.3. The fraction of sp³-hybridized carbons (Fsp3) is 0.938. The van der Waals surface area contributed by atoms with Crippen LogP contribution in [0, 0.1) is 11.3 Å².